The van der Waals surface area contributed by atoms with E-state index in [0.717, 1.165) is 16.9 Å². The lowest BCUT2D eigenvalue weighted by Gasteiger charge is -2.14. The normalized spacial score (nSPS) is 11.5. The van der Waals surface area contributed by atoms with E-state index in [9.17, 15) is 9.59 Å². The molecule has 1 atom stereocenters. The van der Waals surface area contributed by atoms with Crippen LogP contribution in [0, 0.1) is 6.92 Å². The number of nitrogens with one attached hydrogen (secondary N) is 1. The summed E-state index contributed by atoms with van der Waals surface area (Å²) in [6.07, 6.45) is 0.752. The van der Waals surface area contributed by atoms with Crippen LogP contribution in [0.15, 0.2) is 54.6 Å². The highest BCUT2D eigenvalue weighted by molar-refractivity contribution is 5.80. The van der Waals surface area contributed by atoms with Gasteiger partial charge in [-0.3, -0.25) is 9.59 Å². The second kappa shape index (κ2) is 10.2. The van der Waals surface area contributed by atoms with Crippen molar-refractivity contribution in [2.45, 2.75) is 32.7 Å². The van der Waals surface area contributed by atoms with Crippen LogP contribution in [0.5, 0.6) is 5.75 Å². The lowest BCUT2D eigenvalue weighted by molar-refractivity contribution is -0.148. The van der Waals surface area contributed by atoms with Gasteiger partial charge in [0.15, 0.2) is 6.61 Å². The van der Waals surface area contributed by atoms with Gasteiger partial charge in [0.25, 0.3) is 5.91 Å². The van der Waals surface area contributed by atoms with Crippen LogP contribution in [0.3, 0.4) is 0 Å². The summed E-state index contributed by atoms with van der Waals surface area (Å²) >= 11 is 0. The average Bonchev–Trinajstić information content (AvgIpc) is 2.64. The molecule has 1 N–H and O–H groups in total. The molecule has 0 heterocycles. The molecule has 0 aliphatic rings. The van der Waals surface area contributed by atoms with E-state index in [1.54, 1.807) is 0 Å². The summed E-state index contributed by atoms with van der Waals surface area (Å²) in [6, 6.07) is 17.2. The molecule has 0 spiro atoms. The third-order valence-electron chi connectivity index (χ3n) is 3.82. The van der Waals surface area contributed by atoms with Crippen LogP contribution in [0.2, 0.25) is 0 Å². The van der Waals surface area contributed by atoms with Gasteiger partial charge in [-0.15, -0.1) is 0 Å². The van der Waals surface area contributed by atoms with Gasteiger partial charge in [-0.1, -0.05) is 42.5 Å². The molecule has 0 aromatic heterocycles. The van der Waals surface area contributed by atoms with E-state index in [4.69, 9.17) is 9.47 Å². The molecular weight excluding hydrogens is 330 g/mol. The zero-order chi connectivity index (χ0) is 18.8. The molecule has 1 amide bonds. The van der Waals surface area contributed by atoms with Crippen molar-refractivity contribution < 1.29 is 19.1 Å². The Labute approximate surface area is 154 Å². The predicted octanol–water partition coefficient (Wildman–Crippen LogP) is 3.57. The average molecular weight is 355 g/mol. The number of benzene rings is 2. The third kappa shape index (κ3) is 6.97. The molecule has 0 saturated carbocycles. The van der Waals surface area contributed by atoms with E-state index in [2.05, 4.69) is 5.32 Å². The molecule has 26 heavy (non-hydrogen) atoms. The first-order chi connectivity index (χ1) is 12.5. The molecule has 5 heteroatoms. The van der Waals surface area contributed by atoms with Gasteiger partial charge in [0.2, 0.25) is 0 Å². The van der Waals surface area contributed by atoms with E-state index in [-0.39, 0.29) is 25.0 Å². The summed E-state index contributed by atoms with van der Waals surface area (Å²) in [5, 5.41) is 2.80. The van der Waals surface area contributed by atoms with Crippen molar-refractivity contribution in [3.8, 4) is 5.75 Å². The molecule has 0 unspecified atom stereocenters. The van der Waals surface area contributed by atoms with Crippen molar-refractivity contribution in [3.05, 3.63) is 65.7 Å². The predicted molar refractivity (Wildman–Crippen MR) is 99.9 cm³/mol. The molecule has 0 aliphatic heterocycles. The standard InChI is InChI=1S/C21H25NO4/c1-16-8-6-11-19(14-16)25-13-7-12-21(24)26-15-20(23)22-17(2)18-9-4-3-5-10-18/h3-6,8-11,14,17H,7,12-13,15H2,1-2H3,(H,22,23)/t17-/m1/s1. The van der Waals surface area contributed by atoms with Crippen molar-refractivity contribution in [3.63, 3.8) is 0 Å². The summed E-state index contributed by atoms with van der Waals surface area (Å²) in [6.45, 7) is 4.04. The summed E-state index contributed by atoms with van der Waals surface area (Å²) < 4.78 is 10.6. The highest BCUT2D eigenvalue weighted by atomic mass is 16.5. The second-order valence-corrected chi connectivity index (χ2v) is 6.13. The fourth-order valence-corrected chi connectivity index (χ4v) is 2.44. The van der Waals surface area contributed by atoms with Crippen LogP contribution in [0.25, 0.3) is 0 Å². The summed E-state index contributed by atoms with van der Waals surface area (Å²) in [7, 11) is 0. The molecule has 138 valence electrons. The fourth-order valence-electron chi connectivity index (χ4n) is 2.44. The third-order valence-corrected chi connectivity index (χ3v) is 3.82. The minimum Gasteiger partial charge on any atom is -0.494 e. The van der Waals surface area contributed by atoms with E-state index < -0.39 is 5.97 Å². The quantitative estimate of drug-likeness (QED) is 0.552. The summed E-state index contributed by atoms with van der Waals surface area (Å²) in [5.41, 5.74) is 2.12. The molecular formula is C21H25NO4. The number of ether oxygens (including phenoxy) is 2. The molecule has 0 aliphatic carbocycles. The molecule has 0 fully saturated rings. The second-order valence-electron chi connectivity index (χ2n) is 6.13. The Bertz CT molecular complexity index is 715. The number of aryl methyl sites for hydroxylation is 1. The molecule has 0 saturated heterocycles. The minimum atomic E-state index is -0.402. The van der Waals surface area contributed by atoms with Gasteiger partial charge in [-0.25, -0.2) is 0 Å². The van der Waals surface area contributed by atoms with Gasteiger partial charge in [-0.05, 0) is 43.5 Å². The maximum atomic E-state index is 11.9. The van der Waals surface area contributed by atoms with Gasteiger partial charge in [0.1, 0.15) is 5.75 Å². The Morgan fingerprint density at radius 1 is 1.08 bits per heavy atom. The van der Waals surface area contributed by atoms with E-state index >= 15 is 0 Å². The van der Waals surface area contributed by atoms with Gasteiger partial charge in [0.05, 0.1) is 12.6 Å². The van der Waals surface area contributed by atoms with Crippen LogP contribution in [0.1, 0.15) is 36.9 Å². The number of rotatable bonds is 9. The Balaban J connectivity index is 1.60. The van der Waals surface area contributed by atoms with Crippen molar-refractivity contribution in [2.24, 2.45) is 0 Å². The first-order valence-electron chi connectivity index (χ1n) is 8.74. The maximum Gasteiger partial charge on any atom is 0.306 e. The highest BCUT2D eigenvalue weighted by Gasteiger charge is 2.11. The number of esters is 1. The van der Waals surface area contributed by atoms with Gasteiger partial charge in [-0.2, -0.15) is 0 Å². The smallest absolute Gasteiger partial charge is 0.306 e. The lowest BCUT2D eigenvalue weighted by atomic mass is 10.1. The number of hydrogen-bond acceptors (Lipinski definition) is 4. The topological polar surface area (TPSA) is 64.6 Å². The van der Waals surface area contributed by atoms with Crippen LogP contribution >= 0.6 is 0 Å². The zero-order valence-corrected chi connectivity index (χ0v) is 15.2. The van der Waals surface area contributed by atoms with Crippen molar-refractivity contribution in [1.29, 1.82) is 0 Å². The number of carbonyl (C=O) groups is 2. The number of hydrogen-bond donors (Lipinski definition) is 1. The van der Waals surface area contributed by atoms with Gasteiger partial charge in [0, 0.05) is 6.42 Å². The molecule has 0 radical (unpaired) electrons. The lowest BCUT2D eigenvalue weighted by Crippen LogP contribution is -2.31. The summed E-state index contributed by atoms with van der Waals surface area (Å²) in [4.78, 5) is 23.6. The largest absolute Gasteiger partial charge is 0.494 e. The Morgan fingerprint density at radius 3 is 2.58 bits per heavy atom. The first-order valence-corrected chi connectivity index (χ1v) is 8.74. The maximum absolute atomic E-state index is 11.9. The number of amides is 1. The SMILES string of the molecule is Cc1cccc(OCCCC(=O)OCC(=O)N[C@H](C)c2ccccc2)c1. The highest BCUT2D eigenvalue weighted by Crippen LogP contribution is 2.13. The Morgan fingerprint density at radius 2 is 1.85 bits per heavy atom. The molecule has 2 aromatic rings. The van der Waals surface area contributed by atoms with E-state index in [0.29, 0.717) is 13.0 Å². The molecule has 2 rings (SSSR count). The Hall–Kier alpha value is -2.82. The molecule has 2 aromatic carbocycles. The summed E-state index contributed by atoms with van der Waals surface area (Å²) in [5.74, 6) is 0.0683. The van der Waals surface area contributed by atoms with Crippen LogP contribution in [-0.2, 0) is 14.3 Å². The minimum absolute atomic E-state index is 0.134. The van der Waals surface area contributed by atoms with Gasteiger partial charge >= 0.3 is 5.97 Å². The molecule has 0 bridgehead atoms. The first kappa shape index (κ1) is 19.5. The monoisotopic (exact) mass is 355 g/mol. The zero-order valence-electron chi connectivity index (χ0n) is 15.2. The van der Waals surface area contributed by atoms with Crippen LogP contribution in [-0.4, -0.2) is 25.1 Å². The number of carbonyl (C=O) groups excluding carboxylic acids is 2. The van der Waals surface area contributed by atoms with Crippen LogP contribution in [0.4, 0.5) is 0 Å². The van der Waals surface area contributed by atoms with E-state index in [1.165, 1.54) is 0 Å². The van der Waals surface area contributed by atoms with Gasteiger partial charge < -0.3 is 14.8 Å². The van der Waals surface area contributed by atoms with Crippen molar-refractivity contribution >= 4 is 11.9 Å². The van der Waals surface area contributed by atoms with Crippen molar-refractivity contribution in [2.75, 3.05) is 13.2 Å². The van der Waals surface area contributed by atoms with Crippen molar-refractivity contribution in [1.82, 2.24) is 5.32 Å². The Kier molecular flexibility index (Phi) is 7.68. The fraction of sp³-hybridized carbons (Fsp3) is 0.333. The van der Waals surface area contributed by atoms with E-state index in [1.807, 2.05) is 68.4 Å². The van der Waals surface area contributed by atoms with Crippen LogP contribution < -0.4 is 10.1 Å². The molecule has 5 nitrogen and oxygen atoms in total.